The van der Waals surface area contributed by atoms with E-state index in [1.54, 1.807) is 11.7 Å². The largest absolute Gasteiger partial charge is 0.294 e. The topological polar surface area (TPSA) is 34.9 Å². The molecule has 3 nitrogen and oxygen atoms in total. The lowest BCUT2D eigenvalue weighted by molar-refractivity contribution is 0.101. The van der Waals surface area contributed by atoms with Crippen LogP contribution < -0.4 is 0 Å². The number of hydrogen-bond donors (Lipinski definition) is 0. The highest BCUT2D eigenvalue weighted by molar-refractivity contribution is 6.32. The van der Waals surface area contributed by atoms with Gasteiger partial charge < -0.3 is 0 Å². The molecule has 0 saturated carbocycles. The number of halogens is 1. The van der Waals surface area contributed by atoms with Crippen LogP contribution in [0.15, 0.2) is 0 Å². The molecule has 4 heteroatoms. The number of carbonyl (C=O) groups excluding carboxylic acids is 1. The zero-order valence-corrected chi connectivity index (χ0v) is 9.01. The SMILES string of the molecule is CC(=O)c1c(Cl)nn(C)c1C(C)C. The molecular weight excluding hydrogens is 188 g/mol. The molecule has 0 aliphatic carbocycles. The van der Waals surface area contributed by atoms with Crippen LogP contribution in [0.4, 0.5) is 0 Å². The average Bonchev–Trinajstić information content (AvgIpc) is 2.24. The second-order valence-electron chi connectivity index (χ2n) is 3.39. The zero-order chi connectivity index (χ0) is 10.2. The summed E-state index contributed by atoms with van der Waals surface area (Å²) in [6.07, 6.45) is 0. The number of hydrogen-bond acceptors (Lipinski definition) is 2. The second kappa shape index (κ2) is 3.50. The Kier molecular flexibility index (Phi) is 2.76. The maximum absolute atomic E-state index is 11.3. The third-order valence-corrected chi connectivity index (χ3v) is 2.21. The molecule has 0 bridgehead atoms. The van der Waals surface area contributed by atoms with Crippen LogP contribution in [0.1, 0.15) is 42.7 Å². The monoisotopic (exact) mass is 200 g/mol. The fraction of sp³-hybridized carbons (Fsp3) is 0.556. The smallest absolute Gasteiger partial charge is 0.164 e. The van der Waals surface area contributed by atoms with Crippen LogP contribution in [-0.2, 0) is 7.05 Å². The number of ketones is 1. The second-order valence-corrected chi connectivity index (χ2v) is 3.74. The highest BCUT2D eigenvalue weighted by atomic mass is 35.5. The molecule has 1 rings (SSSR count). The number of aromatic nitrogens is 2. The van der Waals surface area contributed by atoms with Gasteiger partial charge >= 0.3 is 0 Å². The van der Waals surface area contributed by atoms with Crippen LogP contribution >= 0.6 is 11.6 Å². The molecule has 72 valence electrons. The van der Waals surface area contributed by atoms with E-state index in [-0.39, 0.29) is 11.7 Å². The molecule has 1 heterocycles. The van der Waals surface area contributed by atoms with Crippen molar-refractivity contribution >= 4 is 17.4 Å². The van der Waals surface area contributed by atoms with Crippen LogP contribution in [-0.4, -0.2) is 15.6 Å². The highest BCUT2D eigenvalue weighted by Gasteiger charge is 2.20. The van der Waals surface area contributed by atoms with E-state index in [1.807, 2.05) is 13.8 Å². The number of carbonyl (C=O) groups is 1. The van der Waals surface area contributed by atoms with E-state index in [4.69, 9.17) is 11.6 Å². The van der Waals surface area contributed by atoms with Gasteiger partial charge in [-0.15, -0.1) is 0 Å². The molecule has 0 saturated heterocycles. The Morgan fingerprint density at radius 3 is 2.38 bits per heavy atom. The van der Waals surface area contributed by atoms with Gasteiger partial charge in [0, 0.05) is 7.05 Å². The summed E-state index contributed by atoms with van der Waals surface area (Å²) in [6, 6.07) is 0. The van der Waals surface area contributed by atoms with Crippen LogP contribution in [0, 0.1) is 0 Å². The van der Waals surface area contributed by atoms with Crippen molar-refractivity contribution in [2.45, 2.75) is 26.7 Å². The van der Waals surface area contributed by atoms with Gasteiger partial charge in [-0.2, -0.15) is 5.10 Å². The average molecular weight is 201 g/mol. The summed E-state index contributed by atoms with van der Waals surface area (Å²) in [4.78, 5) is 11.3. The van der Waals surface area contributed by atoms with Crippen molar-refractivity contribution in [2.75, 3.05) is 0 Å². The minimum Gasteiger partial charge on any atom is -0.294 e. The van der Waals surface area contributed by atoms with E-state index in [2.05, 4.69) is 5.10 Å². The van der Waals surface area contributed by atoms with Gasteiger partial charge in [0.2, 0.25) is 0 Å². The first-order valence-corrected chi connectivity index (χ1v) is 4.56. The quantitative estimate of drug-likeness (QED) is 0.688. The lowest BCUT2D eigenvalue weighted by Crippen LogP contribution is -2.04. The van der Waals surface area contributed by atoms with Crippen LogP contribution in [0.3, 0.4) is 0 Å². The standard InChI is InChI=1S/C9H13ClN2O/c1-5(2)8-7(6(3)13)9(10)11-12(8)4/h5H,1-4H3. The van der Waals surface area contributed by atoms with Gasteiger partial charge in [-0.3, -0.25) is 9.48 Å². The molecule has 0 N–H and O–H groups in total. The molecule has 0 radical (unpaired) electrons. The molecule has 13 heavy (non-hydrogen) atoms. The maximum Gasteiger partial charge on any atom is 0.164 e. The van der Waals surface area contributed by atoms with Crippen molar-refractivity contribution in [2.24, 2.45) is 7.05 Å². The van der Waals surface area contributed by atoms with Crippen molar-refractivity contribution < 1.29 is 4.79 Å². The molecule has 1 aromatic heterocycles. The molecule has 0 aliphatic heterocycles. The Labute approximate surface area is 82.7 Å². The molecule has 1 aromatic rings. The third-order valence-electron chi connectivity index (χ3n) is 1.95. The van der Waals surface area contributed by atoms with Gasteiger partial charge in [-0.1, -0.05) is 25.4 Å². The summed E-state index contributed by atoms with van der Waals surface area (Å²) < 4.78 is 1.67. The summed E-state index contributed by atoms with van der Waals surface area (Å²) in [5.74, 6) is 0.228. The van der Waals surface area contributed by atoms with E-state index >= 15 is 0 Å². The first kappa shape index (κ1) is 10.3. The van der Waals surface area contributed by atoms with Gasteiger partial charge in [-0.25, -0.2) is 0 Å². The number of aryl methyl sites for hydroxylation is 1. The lowest BCUT2D eigenvalue weighted by Gasteiger charge is -2.06. The Bertz CT molecular complexity index is 342. The van der Waals surface area contributed by atoms with Gasteiger partial charge in [0.15, 0.2) is 10.9 Å². The summed E-state index contributed by atoms with van der Waals surface area (Å²) in [5.41, 5.74) is 1.46. The predicted molar refractivity (Wildman–Crippen MR) is 52.3 cm³/mol. The van der Waals surface area contributed by atoms with Crippen LogP contribution in [0.5, 0.6) is 0 Å². The Morgan fingerprint density at radius 2 is 2.08 bits per heavy atom. The van der Waals surface area contributed by atoms with E-state index in [0.29, 0.717) is 10.7 Å². The molecule has 0 aromatic carbocycles. The first-order valence-electron chi connectivity index (χ1n) is 4.18. The van der Waals surface area contributed by atoms with Crippen LogP contribution in [0.25, 0.3) is 0 Å². The number of rotatable bonds is 2. The van der Waals surface area contributed by atoms with Gasteiger partial charge in [0.25, 0.3) is 0 Å². The van der Waals surface area contributed by atoms with E-state index in [1.165, 1.54) is 6.92 Å². The molecule has 0 fully saturated rings. The molecule has 0 unspecified atom stereocenters. The van der Waals surface area contributed by atoms with Crippen molar-refractivity contribution in [3.63, 3.8) is 0 Å². The Morgan fingerprint density at radius 1 is 1.54 bits per heavy atom. The van der Waals surface area contributed by atoms with Crippen molar-refractivity contribution in [3.8, 4) is 0 Å². The summed E-state index contributed by atoms with van der Waals surface area (Å²) >= 11 is 5.84. The van der Waals surface area contributed by atoms with Crippen molar-refractivity contribution in [1.29, 1.82) is 0 Å². The first-order chi connectivity index (χ1) is 5.95. The molecule has 0 aliphatic rings. The molecule has 0 atom stereocenters. The minimum atomic E-state index is -0.0261. The molecular formula is C9H13ClN2O. The van der Waals surface area contributed by atoms with E-state index in [9.17, 15) is 4.79 Å². The zero-order valence-electron chi connectivity index (χ0n) is 8.26. The lowest BCUT2D eigenvalue weighted by atomic mass is 10.0. The normalized spacial score (nSPS) is 10.9. The van der Waals surface area contributed by atoms with Gasteiger partial charge in [0.1, 0.15) is 0 Å². The summed E-state index contributed by atoms with van der Waals surface area (Å²) in [6.45, 7) is 5.54. The Balaban J connectivity index is 3.38. The summed E-state index contributed by atoms with van der Waals surface area (Å²) in [5, 5.41) is 4.32. The summed E-state index contributed by atoms with van der Waals surface area (Å²) in [7, 11) is 1.80. The molecule has 0 spiro atoms. The van der Waals surface area contributed by atoms with Crippen molar-refractivity contribution in [1.82, 2.24) is 9.78 Å². The van der Waals surface area contributed by atoms with Crippen LogP contribution in [0.2, 0.25) is 5.15 Å². The van der Waals surface area contributed by atoms with E-state index in [0.717, 1.165) is 5.69 Å². The molecule has 0 amide bonds. The third kappa shape index (κ3) is 1.75. The maximum atomic E-state index is 11.3. The van der Waals surface area contributed by atoms with Gasteiger partial charge in [0.05, 0.1) is 11.3 Å². The highest BCUT2D eigenvalue weighted by Crippen LogP contribution is 2.25. The Hall–Kier alpha value is -0.830. The van der Waals surface area contributed by atoms with Gasteiger partial charge in [-0.05, 0) is 12.8 Å². The van der Waals surface area contributed by atoms with Crippen molar-refractivity contribution in [3.05, 3.63) is 16.4 Å². The predicted octanol–water partition coefficient (Wildman–Crippen LogP) is 2.40. The fourth-order valence-corrected chi connectivity index (χ4v) is 1.83. The number of nitrogens with zero attached hydrogens (tertiary/aromatic N) is 2. The number of Topliss-reactive ketones (excluding diaryl/α,β-unsaturated/α-hetero) is 1. The van der Waals surface area contributed by atoms with E-state index < -0.39 is 0 Å². The fourth-order valence-electron chi connectivity index (χ4n) is 1.49. The minimum absolute atomic E-state index is 0.0261.